The molecule has 0 atom stereocenters. The highest BCUT2D eigenvalue weighted by Crippen LogP contribution is 2.25. The maximum absolute atomic E-state index is 8.57. The molecule has 0 amide bonds. The molecule has 1 heterocycles. The van der Waals surface area contributed by atoms with Crippen LogP contribution in [0.5, 0.6) is 0 Å². The number of hydrogen-bond donors (Lipinski definition) is 2. The molecule has 0 spiro atoms. The lowest BCUT2D eigenvalue weighted by Crippen LogP contribution is -2.38. The Hall–Kier alpha value is -1.85. The Bertz CT molecular complexity index is 402. The number of nitrogens with two attached hydrogens (primary N) is 1. The van der Waals surface area contributed by atoms with Crippen molar-refractivity contribution in [2.24, 2.45) is 10.9 Å². The van der Waals surface area contributed by atoms with Crippen LogP contribution in [0.25, 0.3) is 0 Å². The molecule has 1 saturated carbocycles. The summed E-state index contributed by atoms with van der Waals surface area (Å²) in [4.78, 5) is 10.5. The largest absolute Gasteiger partial charge is 0.409 e. The third-order valence-corrected chi connectivity index (χ3v) is 2.95. The number of amidine groups is 1. The Labute approximate surface area is 93.8 Å². The summed E-state index contributed by atoms with van der Waals surface area (Å²) in [5.74, 6) is 0.624. The van der Waals surface area contributed by atoms with E-state index in [9.17, 15) is 0 Å². The van der Waals surface area contributed by atoms with Crippen LogP contribution in [0, 0.1) is 0 Å². The molecule has 1 aromatic rings. The minimum atomic E-state index is 0.00524. The van der Waals surface area contributed by atoms with Crippen LogP contribution in [0.2, 0.25) is 0 Å². The summed E-state index contributed by atoms with van der Waals surface area (Å²) in [6, 6.07) is 2.13. The summed E-state index contributed by atoms with van der Waals surface area (Å²) in [5, 5.41) is 11.5. The fourth-order valence-corrected chi connectivity index (χ4v) is 1.65. The Morgan fingerprint density at radius 3 is 2.94 bits per heavy atom. The lowest BCUT2D eigenvalue weighted by atomic mass is 9.92. The van der Waals surface area contributed by atoms with E-state index < -0.39 is 0 Å². The zero-order valence-electron chi connectivity index (χ0n) is 9.17. The fourth-order valence-electron chi connectivity index (χ4n) is 1.65. The number of hydrogen-bond acceptors (Lipinski definition) is 5. The highest BCUT2D eigenvalue weighted by Gasteiger charge is 2.23. The average Bonchev–Trinajstić information content (AvgIpc) is 2.26. The first-order valence-corrected chi connectivity index (χ1v) is 5.26. The molecule has 1 fully saturated rings. The molecule has 3 N–H and O–H groups in total. The molecule has 86 valence electrons. The standard InChI is InChI=1S/C10H15N5O/c1-15(7-3-2-4-7)10-12-6-5-8(13-10)9(11)14-16/h5-7,16H,2-4H2,1H3,(H2,11,14). The molecule has 1 aromatic heterocycles. The van der Waals surface area contributed by atoms with E-state index in [1.54, 1.807) is 12.3 Å². The molecule has 0 radical (unpaired) electrons. The monoisotopic (exact) mass is 221 g/mol. The second-order valence-corrected chi connectivity index (χ2v) is 3.92. The van der Waals surface area contributed by atoms with Gasteiger partial charge < -0.3 is 15.8 Å². The second-order valence-electron chi connectivity index (χ2n) is 3.92. The third kappa shape index (κ3) is 1.91. The predicted molar refractivity (Wildman–Crippen MR) is 60.6 cm³/mol. The number of aromatic nitrogens is 2. The van der Waals surface area contributed by atoms with Gasteiger partial charge in [0.05, 0.1) is 0 Å². The molecule has 1 aliphatic rings. The van der Waals surface area contributed by atoms with Crippen molar-refractivity contribution in [2.75, 3.05) is 11.9 Å². The second kappa shape index (κ2) is 4.34. The van der Waals surface area contributed by atoms with Crippen molar-refractivity contribution in [3.8, 4) is 0 Å². The lowest BCUT2D eigenvalue weighted by Gasteiger charge is -2.34. The van der Waals surface area contributed by atoms with E-state index >= 15 is 0 Å². The highest BCUT2D eigenvalue weighted by atomic mass is 16.4. The normalized spacial score (nSPS) is 16.9. The van der Waals surface area contributed by atoms with Crippen LogP contribution in [-0.4, -0.2) is 34.1 Å². The Kier molecular flexibility index (Phi) is 2.89. The van der Waals surface area contributed by atoms with Gasteiger partial charge in [0.25, 0.3) is 0 Å². The van der Waals surface area contributed by atoms with Gasteiger partial charge in [-0.15, -0.1) is 0 Å². The first-order chi connectivity index (χ1) is 7.72. The lowest BCUT2D eigenvalue weighted by molar-refractivity contribution is 0.318. The van der Waals surface area contributed by atoms with E-state index in [-0.39, 0.29) is 5.84 Å². The minimum absolute atomic E-state index is 0.00524. The SMILES string of the molecule is CN(c1nccc(/C(N)=N/O)n1)C1CCC1. The minimum Gasteiger partial charge on any atom is -0.409 e. The topological polar surface area (TPSA) is 87.6 Å². The summed E-state index contributed by atoms with van der Waals surface area (Å²) < 4.78 is 0. The summed E-state index contributed by atoms with van der Waals surface area (Å²) >= 11 is 0. The molecule has 0 aliphatic heterocycles. The highest BCUT2D eigenvalue weighted by molar-refractivity contribution is 5.95. The molecule has 0 aromatic carbocycles. The van der Waals surface area contributed by atoms with Gasteiger partial charge in [-0.05, 0) is 25.3 Å². The van der Waals surface area contributed by atoms with E-state index in [1.807, 2.05) is 11.9 Å². The molecular weight excluding hydrogens is 206 g/mol. The van der Waals surface area contributed by atoms with Gasteiger partial charge >= 0.3 is 0 Å². The van der Waals surface area contributed by atoms with Gasteiger partial charge in [0.15, 0.2) is 5.84 Å². The number of nitrogens with zero attached hydrogens (tertiary/aromatic N) is 4. The smallest absolute Gasteiger partial charge is 0.225 e. The predicted octanol–water partition coefficient (Wildman–Crippen LogP) is 0.560. The number of rotatable bonds is 3. The van der Waals surface area contributed by atoms with Gasteiger partial charge in [-0.2, -0.15) is 0 Å². The van der Waals surface area contributed by atoms with Crippen molar-refractivity contribution in [3.05, 3.63) is 18.0 Å². The molecule has 1 aliphatic carbocycles. The Balaban J connectivity index is 2.21. The van der Waals surface area contributed by atoms with E-state index in [0.717, 1.165) is 0 Å². The molecule has 6 nitrogen and oxygen atoms in total. The van der Waals surface area contributed by atoms with Crippen molar-refractivity contribution in [1.29, 1.82) is 0 Å². The quantitative estimate of drug-likeness (QED) is 0.337. The first-order valence-electron chi connectivity index (χ1n) is 5.26. The molecule has 0 unspecified atom stereocenters. The van der Waals surface area contributed by atoms with Crippen molar-refractivity contribution in [2.45, 2.75) is 25.3 Å². The van der Waals surface area contributed by atoms with Gasteiger partial charge in [-0.25, -0.2) is 9.97 Å². The van der Waals surface area contributed by atoms with E-state index in [4.69, 9.17) is 10.9 Å². The molecule has 16 heavy (non-hydrogen) atoms. The van der Waals surface area contributed by atoms with Crippen LogP contribution >= 0.6 is 0 Å². The van der Waals surface area contributed by atoms with Gasteiger partial charge in [0, 0.05) is 19.3 Å². The summed E-state index contributed by atoms with van der Waals surface area (Å²) in [5.41, 5.74) is 5.92. The maximum Gasteiger partial charge on any atom is 0.225 e. The first kappa shape index (κ1) is 10.7. The van der Waals surface area contributed by atoms with Crippen LogP contribution in [0.15, 0.2) is 17.4 Å². The van der Waals surface area contributed by atoms with Crippen molar-refractivity contribution >= 4 is 11.8 Å². The average molecular weight is 221 g/mol. The van der Waals surface area contributed by atoms with E-state index in [2.05, 4.69) is 15.1 Å². The summed E-state index contributed by atoms with van der Waals surface area (Å²) in [7, 11) is 1.97. The number of oxime groups is 1. The van der Waals surface area contributed by atoms with Crippen molar-refractivity contribution in [1.82, 2.24) is 9.97 Å². The van der Waals surface area contributed by atoms with Crippen molar-refractivity contribution < 1.29 is 5.21 Å². The van der Waals surface area contributed by atoms with Gasteiger partial charge in [0.2, 0.25) is 5.95 Å². The maximum atomic E-state index is 8.57. The molecule has 0 bridgehead atoms. The van der Waals surface area contributed by atoms with E-state index in [1.165, 1.54) is 19.3 Å². The third-order valence-electron chi connectivity index (χ3n) is 2.95. The Morgan fingerprint density at radius 1 is 1.62 bits per heavy atom. The van der Waals surface area contributed by atoms with Crippen LogP contribution in [-0.2, 0) is 0 Å². The molecule has 2 rings (SSSR count). The fraction of sp³-hybridized carbons (Fsp3) is 0.500. The van der Waals surface area contributed by atoms with Crippen molar-refractivity contribution in [3.63, 3.8) is 0 Å². The molecular formula is C10H15N5O. The number of anilines is 1. The van der Waals surface area contributed by atoms with Crippen LogP contribution in [0.1, 0.15) is 25.0 Å². The molecule has 6 heteroatoms. The van der Waals surface area contributed by atoms with Crippen LogP contribution in [0.4, 0.5) is 5.95 Å². The van der Waals surface area contributed by atoms with Crippen LogP contribution < -0.4 is 10.6 Å². The van der Waals surface area contributed by atoms with Crippen LogP contribution in [0.3, 0.4) is 0 Å². The zero-order chi connectivity index (χ0) is 11.5. The summed E-state index contributed by atoms with van der Waals surface area (Å²) in [6.45, 7) is 0. The summed E-state index contributed by atoms with van der Waals surface area (Å²) in [6.07, 6.45) is 5.22. The Morgan fingerprint density at radius 2 is 2.38 bits per heavy atom. The van der Waals surface area contributed by atoms with E-state index in [0.29, 0.717) is 17.7 Å². The molecule has 0 saturated heterocycles. The van der Waals surface area contributed by atoms with Gasteiger partial charge in [-0.3, -0.25) is 0 Å². The zero-order valence-corrected chi connectivity index (χ0v) is 9.17. The van der Waals surface area contributed by atoms with Gasteiger partial charge in [-0.1, -0.05) is 5.16 Å². The van der Waals surface area contributed by atoms with Gasteiger partial charge in [0.1, 0.15) is 5.69 Å².